The number of aliphatic hydroxyl groups is 1. The van der Waals surface area contributed by atoms with Crippen molar-refractivity contribution >= 4 is 5.69 Å². The zero-order valence-electron chi connectivity index (χ0n) is 11.7. The molecule has 0 amide bonds. The molecule has 1 heterocycles. The molecule has 3 heteroatoms. The van der Waals surface area contributed by atoms with Crippen LogP contribution in [0.2, 0.25) is 0 Å². The lowest BCUT2D eigenvalue weighted by molar-refractivity contribution is -0.0750. The molecular formula is C15H23NO2. The molecule has 0 aromatic heterocycles. The van der Waals surface area contributed by atoms with Crippen molar-refractivity contribution in [2.24, 2.45) is 0 Å². The van der Waals surface area contributed by atoms with Gasteiger partial charge < -0.3 is 14.7 Å². The summed E-state index contributed by atoms with van der Waals surface area (Å²) < 4.78 is 5.92. The summed E-state index contributed by atoms with van der Waals surface area (Å²) in [7, 11) is 0. The van der Waals surface area contributed by atoms with Crippen LogP contribution in [0.5, 0.6) is 0 Å². The molecule has 100 valence electrons. The van der Waals surface area contributed by atoms with Crippen LogP contribution in [0.25, 0.3) is 0 Å². The van der Waals surface area contributed by atoms with Gasteiger partial charge in [0, 0.05) is 24.3 Å². The van der Waals surface area contributed by atoms with E-state index in [1.807, 2.05) is 25.1 Å². The van der Waals surface area contributed by atoms with Gasteiger partial charge in [-0.25, -0.2) is 0 Å². The maximum absolute atomic E-state index is 9.87. The SMILES string of the molecule is CC1CN(c2ccccc2C(C)O)CC(C)(C)O1. The highest BCUT2D eigenvalue weighted by atomic mass is 16.5. The third kappa shape index (κ3) is 2.85. The molecule has 0 bridgehead atoms. The summed E-state index contributed by atoms with van der Waals surface area (Å²) in [6, 6.07) is 8.07. The van der Waals surface area contributed by atoms with Crippen molar-refractivity contribution < 1.29 is 9.84 Å². The first kappa shape index (κ1) is 13.4. The van der Waals surface area contributed by atoms with Crippen molar-refractivity contribution in [2.45, 2.75) is 45.5 Å². The lowest BCUT2D eigenvalue weighted by atomic mass is 10.0. The van der Waals surface area contributed by atoms with Crippen LogP contribution in [0.4, 0.5) is 5.69 Å². The van der Waals surface area contributed by atoms with E-state index in [-0.39, 0.29) is 11.7 Å². The van der Waals surface area contributed by atoms with Gasteiger partial charge in [0.2, 0.25) is 0 Å². The highest BCUT2D eigenvalue weighted by Gasteiger charge is 2.32. The lowest BCUT2D eigenvalue weighted by Gasteiger charge is -2.43. The van der Waals surface area contributed by atoms with Crippen molar-refractivity contribution in [3.8, 4) is 0 Å². The van der Waals surface area contributed by atoms with E-state index >= 15 is 0 Å². The standard InChI is InChI=1S/C15H23NO2/c1-11-9-16(10-15(3,4)18-11)14-8-6-5-7-13(14)12(2)17/h5-8,11-12,17H,9-10H2,1-4H3. The zero-order valence-corrected chi connectivity index (χ0v) is 11.7. The Balaban J connectivity index is 2.31. The maximum atomic E-state index is 9.87. The van der Waals surface area contributed by atoms with Gasteiger partial charge in [-0.05, 0) is 33.8 Å². The van der Waals surface area contributed by atoms with Crippen molar-refractivity contribution in [3.63, 3.8) is 0 Å². The van der Waals surface area contributed by atoms with Crippen LogP contribution in [0.15, 0.2) is 24.3 Å². The van der Waals surface area contributed by atoms with Crippen molar-refractivity contribution in [1.29, 1.82) is 0 Å². The highest BCUT2D eigenvalue weighted by Crippen LogP contribution is 2.31. The Bertz CT molecular complexity index is 415. The maximum Gasteiger partial charge on any atom is 0.0805 e. The van der Waals surface area contributed by atoms with Crippen LogP contribution < -0.4 is 4.90 Å². The first-order valence-corrected chi connectivity index (χ1v) is 6.59. The van der Waals surface area contributed by atoms with Crippen LogP contribution in [0.1, 0.15) is 39.4 Å². The Kier molecular flexibility index (Phi) is 3.64. The van der Waals surface area contributed by atoms with Gasteiger partial charge >= 0.3 is 0 Å². The van der Waals surface area contributed by atoms with Crippen molar-refractivity contribution in [3.05, 3.63) is 29.8 Å². The van der Waals surface area contributed by atoms with Gasteiger partial charge in [0.1, 0.15) is 0 Å². The lowest BCUT2D eigenvalue weighted by Crippen LogP contribution is -2.52. The Morgan fingerprint density at radius 2 is 2.06 bits per heavy atom. The Labute approximate surface area is 109 Å². The minimum absolute atomic E-state index is 0.149. The van der Waals surface area contributed by atoms with Gasteiger partial charge in [0.05, 0.1) is 17.8 Å². The molecule has 1 saturated heterocycles. The van der Waals surface area contributed by atoms with E-state index in [1.54, 1.807) is 0 Å². The Morgan fingerprint density at radius 3 is 2.67 bits per heavy atom. The molecule has 2 rings (SSSR count). The van der Waals surface area contributed by atoms with E-state index in [2.05, 4.69) is 31.7 Å². The fraction of sp³-hybridized carbons (Fsp3) is 0.600. The number of hydrogen-bond acceptors (Lipinski definition) is 3. The van der Waals surface area contributed by atoms with Crippen LogP contribution in [-0.2, 0) is 4.74 Å². The van der Waals surface area contributed by atoms with E-state index in [0.29, 0.717) is 0 Å². The van der Waals surface area contributed by atoms with Gasteiger partial charge in [-0.2, -0.15) is 0 Å². The summed E-state index contributed by atoms with van der Waals surface area (Å²) in [6.07, 6.45) is -0.238. The molecule has 18 heavy (non-hydrogen) atoms. The second-order valence-corrected chi connectivity index (χ2v) is 5.80. The predicted molar refractivity (Wildman–Crippen MR) is 73.9 cm³/mol. The van der Waals surface area contributed by atoms with Crippen molar-refractivity contribution in [1.82, 2.24) is 0 Å². The van der Waals surface area contributed by atoms with E-state index in [9.17, 15) is 5.11 Å². The average molecular weight is 249 g/mol. The van der Waals surface area contributed by atoms with E-state index in [4.69, 9.17) is 4.74 Å². The molecule has 1 aromatic rings. The van der Waals surface area contributed by atoms with Gasteiger partial charge in [-0.3, -0.25) is 0 Å². The van der Waals surface area contributed by atoms with Crippen LogP contribution >= 0.6 is 0 Å². The van der Waals surface area contributed by atoms with Crippen LogP contribution in [-0.4, -0.2) is 29.9 Å². The number of ether oxygens (including phenoxy) is 1. The first-order chi connectivity index (χ1) is 8.39. The fourth-order valence-corrected chi connectivity index (χ4v) is 2.77. The smallest absolute Gasteiger partial charge is 0.0805 e. The number of para-hydroxylation sites is 1. The zero-order chi connectivity index (χ0) is 13.3. The van der Waals surface area contributed by atoms with Gasteiger partial charge in [0.15, 0.2) is 0 Å². The Hall–Kier alpha value is -1.06. The number of benzene rings is 1. The van der Waals surface area contributed by atoms with E-state index < -0.39 is 6.10 Å². The molecule has 2 atom stereocenters. The fourth-order valence-electron chi connectivity index (χ4n) is 2.77. The largest absolute Gasteiger partial charge is 0.389 e. The second kappa shape index (κ2) is 4.90. The Morgan fingerprint density at radius 1 is 1.39 bits per heavy atom. The third-order valence-electron chi connectivity index (χ3n) is 3.30. The minimum atomic E-state index is -0.442. The molecule has 1 aliphatic heterocycles. The molecule has 1 fully saturated rings. The summed E-state index contributed by atoms with van der Waals surface area (Å²) in [5.41, 5.74) is 1.96. The van der Waals surface area contributed by atoms with Gasteiger partial charge in [-0.1, -0.05) is 18.2 Å². The normalized spacial score (nSPS) is 24.9. The minimum Gasteiger partial charge on any atom is -0.389 e. The molecule has 0 spiro atoms. The number of morpholine rings is 1. The molecule has 3 nitrogen and oxygen atoms in total. The monoisotopic (exact) mass is 249 g/mol. The van der Waals surface area contributed by atoms with Gasteiger partial charge in [-0.15, -0.1) is 0 Å². The van der Waals surface area contributed by atoms with Crippen LogP contribution in [0, 0.1) is 0 Å². The van der Waals surface area contributed by atoms with E-state index in [1.165, 1.54) is 0 Å². The molecule has 1 aromatic carbocycles. The highest BCUT2D eigenvalue weighted by molar-refractivity contribution is 5.55. The summed E-state index contributed by atoms with van der Waals surface area (Å²) >= 11 is 0. The topological polar surface area (TPSA) is 32.7 Å². The van der Waals surface area contributed by atoms with E-state index in [0.717, 1.165) is 24.3 Å². The summed E-state index contributed by atoms with van der Waals surface area (Å²) in [6.45, 7) is 9.85. The number of rotatable bonds is 2. The second-order valence-electron chi connectivity index (χ2n) is 5.80. The first-order valence-electron chi connectivity index (χ1n) is 6.59. The molecule has 0 saturated carbocycles. The molecule has 0 aliphatic carbocycles. The summed E-state index contributed by atoms with van der Waals surface area (Å²) in [5, 5.41) is 9.87. The predicted octanol–water partition coefficient (Wildman–Crippen LogP) is 2.74. The molecule has 1 N–H and O–H groups in total. The van der Waals surface area contributed by atoms with Crippen LogP contribution in [0.3, 0.4) is 0 Å². The van der Waals surface area contributed by atoms with Gasteiger partial charge in [0.25, 0.3) is 0 Å². The third-order valence-corrected chi connectivity index (χ3v) is 3.30. The summed E-state index contributed by atoms with van der Waals surface area (Å²) in [5.74, 6) is 0. The molecular weight excluding hydrogens is 226 g/mol. The quantitative estimate of drug-likeness (QED) is 0.874. The van der Waals surface area contributed by atoms with Crippen molar-refractivity contribution in [2.75, 3.05) is 18.0 Å². The molecule has 1 aliphatic rings. The number of anilines is 1. The molecule has 2 unspecified atom stereocenters. The summed E-state index contributed by atoms with van der Waals surface area (Å²) in [4.78, 5) is 2.32. The number of hydrogen-bond donors (Lipinski definition) is 1. The number of nitrogens with zero attached hydrogens (tertiary/aromatic N) is 1. The number of aliphatic hydroxyl groups excluding tert-OH is 1. The average Bonchev–Trinajstić information content (AvgIpc) is 2.26. The molecule has 0 radical (unpaired) electrons.